The van der Waals surface area contributed by atoms with Crippen molar-refractivity contribution in [3.05, 3.63) is 11.1 Å². The zero-order valence-corrected chi connectivity index (χ0v) is 17.5. The number of nitrogens with zero attached hydrogens (tertiary/aromatic N) is 2. The number of hydrogen-bond acceptors (Lipinski definition) is 5. The van der Waals surface area contributed by atoms with E-state index in [1.807, 2.05) is 26.2 Å². The summed E-state index contributed by atoms with van der Waals surface area (Å²) in [5.74, 6) is -0.703. The summed E-state index contributed by atoms with van der Waals surface area (Å²) in [4.78, 5) is 43.2. The number of hydrogen-bond donors (Lipinski definition) is 2. The third kappa shape index (κ3) is 4.00. The Hall–Kier alpha value is -1.96. The van der Waals surface area contributed by atoms with Crippen molar-refractivity contribution in [2.45, 2.75) is 71.3 Å². The molecular formula is C19H28N4O3S. The molecule has 1 unspecified atom stereocenters. The number of carbonyl (C=O) groups is 3. The van der Waals surface area contributed by atoms with Gasteiger partial charge in [-0.25, -0.2) is 9.78 Å². The maximum atomic E-state index is 13.0. The standard InChI is InChI=1S/C19H28N4O3S/c1-17(2,3)12-10-27-15(20-12)21-13(24)9-23-14(25)19(22-16(23)26)8-6-7-18(4,5)11-19/h10H,6-9,11H2,1-5H3,(H,22,26)(H,20,21,24). The van der Waals surface area contributed by atoms with Gasteiger partial charge in [-0.3, -0.25) is 14.5 Å². The van der Waals surface area contributed by atoms with Gasteiger partial charge in [0.1, 0.15) is 12.1 Å². The molecule has 1 spiro atoms. The highest BCUT2D eigenvalue weighted by Gasteiger charge is 2.54. The molecular weight excluding hydrogens is 364 g/mol. The third-order valence-corrected chi connectivity index (χ3v) is 6.06. The molecule has 0 aromatic carbocycles. The Morgan fingerprint density at radius 3 is 2.63 bits per heavy atom. The van der Waals surface area contributed by atoms with E-state index in [2.05, 4.69) is 29.5 Å². The van der Waals surface area contributed by atoms with Crippen LogP contribution in [0.25, 0.3) is 0 Å². The Labute approximate surface area is 163 Å². The van der Waals surface area contributed by atoms with E-state index in [-0.39, 0.29) is 23.3 Å². The lowest BCUT2D eigenvalue weighted by Crippen LogP contribution is -2.52. The molecule has 0 bridgehead atoms. The highest BCUT2D eigenvalue weighted by atomic mass is 32.1. The Morgan fingerprint density at radius 1 is 1.33 bits per heavy atom. The highest BCUT2D eigenvalue weighted by molar-refractivity contribution is 7.13. The fourth-order valence-electron chi connectivity index (χ4n) is 3.95. The number of anilines is 1. The minimum absolute atomic E-state index is 0.0102. The summed E-state index contributed by atoms with van der Waals surface area (Å²) in [6.07, 6.45) is 3.14. The predicted molar refractivity (Wildman–Crippen MR) is 105 cm³/mol. The molecule has 2 heterocycles. The lowest BCUT2D eigenvalue weighted by Gasteiger charge is -2.40. The van der Waals surface area contributed by atoms with Crippen LogP contribution in [-0.2, 0) is 15.0 Å². The highest BCUT2D eigenvalue weighted by Crippen LogP contribution is 2.43. The molecule has 27 heavy (non-hydrogen) atoms. The summed E-state index contributed by atoms with van der Waals surface area (Å²) < 4.78 is 0. The van der Waals surface area contributed by atoms with E-state index in [0.29, 0.717) is 18.0 Å². The molecule has 8 heteroatoms. The smallest absolute Gasteiger partial charge is 0.323 e. The average Bonchev–Trinajstić information content (AvgIpc) is 3.06. The van der Waals surface area contributed by atoms with E-state index >= 15 is 0 Å². The molecule has 148 valence electrons. The molecule has 0 radical (unpaired) electrons. The second kappa shape index (κ2) is 6.58. The van der Waals surface area contributed by atoms with Crippen molar-refractivity contribution in [1.82, 2.24) is 15.2 Å². The van der Waals surface area contributed by atoms with Crippen LogP contribution in [0, 0.1) is 5.41 Å². The lowest BCUT2D eigenvalue weighted by atomic mass is 9.68. The van der Waals surface area contributed by atoms with Gasteiger partial charge in [-0.05, 0) is 24.7 Å². The zero-order chi connectivity index (χ0) is 20.0. The average molecular weight is 393 g/mol. The van der Waals surface area contributed by atoms with Crippen molar-refractivity contribution in [3.63, 3.8) is 0 Å². The number of rotatable bonds is 3. The lowest BCUT2D eigenvalue weighted by molar-refractivity contribution is -0.136. The third-order valence-electron chi connectivity index (χ3n) is 5.30. The van der Waals surface area contributed by atoms with Crippen LogP contribution in [0.4, 0.5) is 9.93 Å². The van der Waals surface area contributed by atoms with Crippen molar-refractivity contribution in [2.24, 2.45) is 5.41 Å². The Balaban J connectivity index is 1.67. The summed E-state index contributed by atoms with van der Waals surface area (Å²) in [7, 11) is 0. The van der Waals surface area contributed by atoms with Crippen molar-refractivity contribution >= 4 is 34.3 Å². The number of urea groups is 1. The fraction of sp³-hybridized carbons (Fsp3) is 0.684. The van der Waals surface area contributed by atoms with E-state index in [1.54, 1.807) is 0 Å². The second-order valence-corrected chi connectivity index (χ2v) is 10.3. The van der Waals surface area contributed by atoms with Crippen LogP contribution in [0.5, 0.6) is 0 Å². The molecule has 7 nitrogen and oxygen atoms in total. The summed E-state index contributed by atoms with van der Waals surface area (Å²) >= 11 is 1.34. The Bertz CT molecular complexity index is 780. The van der Waals surface area contributed by atoms with Gasteiger partial charge in [-0.1, -0.05) is 41.0 Å². The van der Waals surface area contributed by atoms with Crippen LogP contribution in [0.3, 0.4) is 0 Å². The molecule has 1 aromatic heterocycles. The van der Waals surface area contributed by atoms with Crippen LogP contribution in [0.1, 0.15) is 66.0 Å². The predicted octanol–water partition coefficient (Wildman–Crippen LogP) is 3.27. The monoisotopic (exact) mass is 392 g/mol. The molecule has 2 N–H and O–H groups in total. The number of carbonyl (C=O) groups excluding carboxylic acids is 3. The van der Waals surface area contributed by atoms with E-state index < -0.39 is 17.5 Å². The van der Waals surface area contributed by atoms with Gasteiger partial charge < -0.3 is 10.6 Å². The van der Waals surface area contributed by atoms with Crippen LogP contribution < -0.4 is 10.6 Å². The normalized spacial score (nSPS) is 25.0. The van der Waals surface area contributed by atoms with Gasteiger partial charge in [0.05, 0.1) is 5.69 Å². The van der Waals surface area contributed by atoms with Crippen LogP contribution >= 0.6 is 11.3 Å². The molecule has 3 rings (SSSR count). The largest absolute Gasteiger partial charge is 0.325 e. The first-order valence-electron chi connectivity index (χ1n) is 9.32. The van der Waals surface area contributed by atoms with Crippen molar-refractivity contribution in [3.8, 4) is 0 Å². The van der Waals surface area contributed by atoms with Crippen molar-refractivity contribution in [2.75, 3.05) is 11.9 Å². The molecule has 1 aromatic rings. The number of imide groups is 1. The minimum Gasteiger partial charge on any atom is -0.323 e. The Morgan fingerprint density at radius 2 is 2.04 bits per heavy atom. The number of aromatic nitrogens is 1. The summed E-state index contributed by atoms with van der Waals surface area (Å²) in [6, 6.07) is -0.484. The van der Waals surface area contributed by atoms with E-state index in [4.69, 9.17) is 0 Å². The first-order chi connectivity index (χ1) is 12.4. The zero-order valence-electron chi connectivity index (χ0n) is 16.6. The van der Waals surface area contributed by atoms with Gasteiger partial charge in [0, 0.05) is 10.8 Å². The van der Waals surface area contributed by atoms with E-state index in [0.717, 1.165) is 23.4 Å². The summed E-state index contributed by atoms with van der Waals surface area (Å²) in [5.41, 5.74) is -0.0883. The van der Waals surface area contributed by atoms with Gasteiger partial charge in [0.25, 0.3) is 5.91 Å². The molecule has 2 fully saturated rings. The van der Waals surface area contributed by atoms with E-state index in [9.17, 15) is 14.4 Å². The first-order valence-corrected chi connectivity index (χ1v) is 10.2. The van der Waals surface area contributed by atoms with Gasteiger partial charge in [-0.15, -0.1) is 11.3 Å². The summed E-state index contributed by atoms with van der Waals surface area (Å²) in [6.45, 7) is 10.1. The molecule has 1 aliphatic carbocycles. The van der Waals surface area contributed by atoms with Gasteiger partial charge in [0.15, 0.2) is 5.13 Å². The molecule has 2 aliphatic rings. The van der Waals surface area contributed by atoms with Crippen LogP contribution in [-0.4, -0.2) is 39.8 Å². The molecule has 1 aliphatic heterocycles. The second-order valence-electron chi connectivity index (χ2n) is 9.43. The van der Waals surface area contributed by atoms with Crippen molar-refractivity contribution < 1.29 is 14.4 Å². The number of amides is 4. The Kier molecular flexibility index (Phi) is 4.82. The molecule has 1 saturated carbocycles. The molecule has 1 saturated heterocycles. The topological polar surface area (TPSA) is 91.4 Å². The quantitative estimate of drug-likeness (QED) is 0.772. The molecule has 4 amide bonds. The first kappa shape index (κ1) is 19.8. The van der Waals surface area contributed by atoms with E-state index in [1.165, 1.54) is 11.3 Å². The fourth-order valence-corrected chi connectivity index (χ4v) is 4.90. The van der Waals surface area contributed by atoms with Crippen molar-refractivity contribution in [1.29, 1.82) is 0 Å². The van der Waals surface area contributed by atoms with Gasteiger partial charge in [-0.2, -0.15) is 0 Å². The number of thiazole rings is 1. The van der Waals surface area contributed by atoms with Crippen LogP contribution in [0.2, 0.25) is 0 Å². The van der Waals surface area contributed by atoms with Gasteiger partial charge in [0.2, 0.25) is 5.91 Å². The molecule has 1 atom stereocenters. The summed E-state index contributed by atoms with van der Waals surface area (Å²) in [5, 5.41) is 7.95. The maximum absolute atomic E-state index is 13.0. The minimum atomic E-state index is -0.861. The SMILES string of the molecule is CC1(C)CCCC2(C1)NC(=O)N(CC(=O)Nc1nc(C(C)(C)C)cs1)C2=O. The number of nitrogens with one attached hydrogen (secondary N) is 2. The van der Waals surface area contributed by atoms with Gasteiger partial charge >= 0.3 is 6.03 Å². The maximum Gasteiger partial charge on any atom is 0.325 e. The van der Waals surface area contributed by atoms with Crippen LogP contribution in [0.15, 0.2) is 5.38 Å².